The summed E-state index contributed by atoms with van der Waals surface area (Å²) in [6.45, 7) is 4.28. The molecule has 1 aliphatic rings. The first kappa shape index (κ1) is 17.3. The van der Waals surface area contributed by atoms with Gasteiger partial charge in [-0.05, 0) is 38.1 Å². The van der Waals surface area contributed by atoms with Gasteiger partial charge in [-0.3, -0.25) is 4.79 Å². The monoisotopic (exact) mass is 369 g/mol. The summed E-state index contributed by atoms with van der Waals surface area (Å²) in [4.78, 5) is 17.0. The highest BCUT2D eigenvalue weighted by atomic mass is 19.1. The highest BCUT2D eigenvalue weighted by Gasteiger charge is 2.19. The quantitative estimate of drug-likeness (QED) is 0.637. The Hall–Kier alpha value is -3.16. The summed E-state index contributed by atoms with van der Waals surface area (Å²) in [5.74, 6) is 0.617. The zero-order chi connectivity index (χ0) is 19.0. The van der Waals surface area contributed by atoms with Gasteiger partial charge in [-0.2, -0.15) is 5.10 Å². The summed E-state index contributed by atoms with van der Waals surface area (Å²) in [6, 6.07) is 5.99. The van der Waals surface area contributed by atoms with E-state index in [9.17, 15) is 9.18 Å². The fourth-order valence-electron chi connectivity index (χ4n) is 3.13. The van der Waals surface area contributed by atoms with Gasteiger partial charge in [0.1, 0.15) is 22.9 Å². The molecule has 0 saturated heterocycles. The first-order chi connectivity index (χ1) is 13.0. The molecular formula is C19H20FN5O2. The second-order valence-corrected chi connectivity index (χ2v) is 6.66. The van der Waals surface area contributed by atoms with Crippen molar-refractivity contribution in [1.82, 2.24) is 19.9 Å². The van der Waals surface area contributed by atoms with Crippen molar-refractivity contribution in [1.29, 1.82) is 0 Å². The molecule has 2 N–H and O–H groups in total. The van der Waals surface area contributed by atoms with Crippen molar-refractivity contribution in [3.8, 4) is 5.75 Å². The molecule has 0 fully saturated rings. The number of hydrogen-bond donors (Lipinski definition) is 2. The maximum absolute atomic E-state index is 13.8. The SMILES string of the molecule is C[C@H]1CCNC(=O)c2cnn3ccc(nc23)N[C@H](C)c2cc(F)ccc2O1. The first-order valence-electron chi connectivity index (χ1n) is 8.86. The summed E-state index contributed by atoms with van der Waals surface area (Å²) in [5.41, 5.74) is 1.58. The Balaban J connectivity index is 1.78. The number of carbonyl (C=O) groups is 1. The van der Waals surface area contributed by atoms with Crippen LogP contribution in [0.4, 0.5) is 10.2 Å². The Morgan fingerprint density at radius 2 is 2.15 bits per heavy atom. The maximum Gasteiger partial charge on any atom is 0.256 e. The Morgan fingerprint density at radius 3 is 3.00 bits per heavy atom. The van der Waals surface area contributed by atoms with Crippen LogP contribution in [-0.2, 0) is 0 Å². The lowest BCUT2D eigenvalue weighted by molar-refractivity contribution is 0.0949. The Bertz CT molecular complexity index is 1000. The van der Waals surface area contributed by atoms with Crippen LogP contribution in [0.2, 0.25) is 0 Å². The van der Waals surface area contributed by atoms with Crippen LogP contribution >= 0.6 is 0 Å². The van der Waals surface area contributed by atoms with Crippen molar-refractivity contribution in [2.45, 2.75) is 32.4 Å². The molecule has 0 aliphatic carbocycles. The summed E-state index contributed by atoms with van der Waals surface area (Å²) < 4.78 is 21.4. The van der Waals surface area contributed by atoms with Crippen molar-refractivity contribution >= 4 is 17.4 Å². The normalized spacial score (nSPS) is 20.3. The molecule has 1 aliphatic heterocycles. The maximum atomic E-state index is 13.8. The molecule has 8 heteroatoms. The van der Waals surface area contributed by atoms with E-state index in [1.807, 2.05) is 13.8 Å². The molecule has 3 aromatic rings. The number of anilines is 1. The number of amides is 1. The van der Waals surface area contributed by atoms with E-state index in [1.165, 1.54) is 18.3 Å². The zero-order valence-electron chi connectivity index (χ0n) is 15.1. The molecule has 4 rings (SSSR count). The molecule has 3 heterocycles. The van der Waals surface area contributed by atoms with Crippen LogP contribution in [0, 0.1) is 5.82 Å². The van der Waals surface area contributed by atoms with Crippen LogP contribution in [0.15, 0.2) is 36.7 Å². The Kier molecular flexibility index (Phi) is 4.39. The number of rotatable bonds is 0. The predicted molar refractivity (Wildman–Crippen MR) is 98.5 cm³/mol. The van der Waals surface area contributed by atoms with Crippen molar-refractivity contribution in [2.75, 3.05) is 11.9 Å². The number of carbonyl (C=O) groups excluding carboxylic acids is 1. The average Bonchev–Trinajstić information content (AvgIpc) is 3.05. The van der Waals surface area contributed by atoms with Crippen LogP contribution in [0.1, 0.15) is 42.2 Å². The minimum atomic E-state index is -0.325. The number of halogens is 1. The largest absolute Gasteiger partial charge is 0.490 e. The number of aromatic nitrogens is 3. The van der Waals surface area contributed by atoms with E-state index >= 15 is 0 Å². The standard InChI is InChI=1S/C19H20FN5O2/c1-11-5-7-21-19(26)15-10-22-25-8-6-17(24-18(15)25)23-12(2)14-9-13(20)3-4-16(14)27-11/h3-4,6,8-12H,5,7H2,1-2H3,(H,21,26)(H,23,24)/t11-,12+/m0/s1. The minimum Gasteiger partial charge on any atom is -0.490 e. The topological polar surface area (TPSA) is 80.6 Å². The molecule has 0 radical (unpaired) electrons. The number of fused-ring (bicyclic) bond motifs is 2. The van der Waals surface area contributed by atoms with Gasteiger partial charge >= 0.3 is 0 Å². The van der Waals surface area contributed by atoms with Gasteiger partial charge in [0.15, 0.2) is 5.65 Å². The molecule has 2 atom stereocenters. The van der Waals surface area contributed by atoms with Gasteiger partial charge in [0.05, 0.1) is 18.3 Å². The third kappa shape index (κ3) is 3.42. The highest BCUT2D eigenvalue weighted by Crippen LogP contribution is 2.30. The van der Waals surface area contributed by atoms with Gasteiger partial charge in [0.25, 0.3) is 5.91 Å². The molecule has 0 unspecified atom stereocenters. The van der Waals surface area contributed by atoms with E-state index in [-0.39, 0.29) is 23.9 Å². The molecule has 1 amide bonds. The molecule has 1 aromatic carbocycles. The minimum absolute atomic E-state index is 0.146. The summed E-state index contributed by atoms with van der Waals surface area (Å²) in [5, 5.41) is 10.3. The van der Waals surface area contributed by atoms with Crippen molar-refractivity contribution in [2.24, 2.45) is 0 Å². The third-order valence-corrected chi connectivity index (χ3v) is 4.58. The third-order valence-electron chi connectivity index (χ3n) is 4.58. The van der Waals surface area contributed by atoms with Crippen LogP contribution < -0.4 is 15.4 Å². The van der Waals surface area contributed by atoms with Crippen molar-refractivity contribution < 1.29 is 13.9 Å². The molecule has 140 valence electrons. The fraction of sp³-hybridized carbons (Fsp3) is 0.316. The lowest BCUT2D eigenvalue weighted by Gasteiger charge is -2.22. The number of nitrogens with one attached hydrogen (secondary N) is 2. The average molecular weight is 369 g/mol. The van der Waals surface area contributed by atoms with Crippen LogP contribution in [0.3, 0.4) is 0 Å². The lowest BCUT2D eigenvalue weighted by Crippen LogP contribution is -2.28. The molecule has 0 spiro atoms. The summed E-state index contributed by atoms with van der Waals surface area (Å²) in [7, 11) is 0. The predicted octanol–water partition coefficient (Wildman–Crippen LogP) is 2.94. The van der Waals surface area contributed by atoms with Crippen molar-refractivity contribution in [3.63, 3.8) is 0 Å². The fourth-order valence-corrected chi connectivity index (χ4v) is 3.13. The van der Waals surface area contributed by atoms with Crippen LogP contribution in [-0.4, -0.2) is 33.2 Å². The second kappa shape index (κ2) is 6.86. The second-order valence-electron chi connectivity index (χ2n) is 6.66. The number of ether oxygens (including phenoxy) is 1. The van der Waals surface area contributed by atoms with Gasteiger partial charge in [-0.15, -0.1) is 0 Å². The molecule has 7 nitrogen and oxygen atoms in total. The summed E-state index contributed by atoms with van der Waals surface area (Å²) >= 11 is 0. The Morgan fingerprint density at radius 1 is 1.30 bits per heavy atom. The molecule has 27 heavy (non-hydrogen) atoms. The van der Waals surface area contributed by atoms with Gasteiger partial charge < -0.3 is 15.4 Å². The number of benzene rings is 1. The van der Waals surface area contributed by atoms with Gasteiger partial charge in [0.2, 0.25) is 0 Å². The van der Waals surface area contributed by atoms with E-state index in [0.29, 0.717) is 41.3 Å². The van der Waals surface area contributed by atoms with E-state index in [4.69, 9.17) is 4.74 Å². The van der Waals surface area contributed by atoms with Gasteiger partial charge in [0, 0.05) is 24.7 Å². The molecule has 2 bridgehead atoms. The Labute approximate surface area is 155 Å². The van der Waals surface area contributed by atoms with Crippen molar-refractivity contribution in [3.05, 3.63) is 53.6 Å². The first-order valence-corrected chi connectivity index (χ1v) is 8.86. The van der Waals surface area contributed by atoms with E-state index in [1.54, 1.807) is 22.8 Å². The van der Waals surface area contributed by atoms with E-state index in [2.05, 4.69) is 20.7 Å². The zero-order valence-corrected chi connectivity index (χ0v) is 15.1. The van der Waals surface area contributed by atoms with Crippen LogP contribution in [0.25, 0.3) is 5.65 Å². The molecule has 0 saturated carbocycles. The lowest BCUT2D eigenvalue weighted by atomic mass is 10.1. The number of nitrogens with zero attached hydrogens (tertiary/aromatic N) is 3. The highest BCUT2D eigenvalue weighted by molar-refractivity contribution is 5.99. The van der Waals surface area contributed by atoms with Crippen LogP contribution in [0.5, 0.6) is 5.75 Å². The van der Waals surface area contributed by atoms with E-state index < -0.39 is 0 Å². The van der Waals surface area contributed by atoms with Gasteiger partial charge in [-0.25, -0.2) is 13.9 Å². The summed E-state index contributed by atoms with van der Waals surface area (Å²) in [6.07, 6.45) is 3.70. The molecule has 2 aromatic heterocycles. The number of hydrogen-bond acceptors (Lipinski definition) is 5. The smallest absolute Gasteiger partial charge is 0.256 e. The van der Waals surface area contributed by atoms with E-state index in [0.717, 1.165) is 0 Å². The molecular weight excluding hydrogens is 349 g/mol. The van der Waals surface area contributed by atoms with Gasteiger partial charge in [-0.1, -0.05) is 0 Å².